The summed E-state index contributed by atoms with van der Waals surface area (Å²) in [6.07, 6.45) is 6.84. The van der Waals surface area contributed by atoms with Gasteiger partial charge in [0, 0.05) is 18.7 Å². The van der Waals surface area contributed by atoms with Crippen LogP contribution in [0, 0.1) is 0 Å². The second kappa shape index (κ2) is 5.86. The van der Waals surface area contributed by atoms with Gasteiger partial charge in [-0.3, -0.25) is 9.48 Å². The number of hydrogen-bond donors (Lipinski definition) is 1. The minimum absolute atomic E-state index is 0.0879. The standard InChI is InChI=1S/C15H18N4O/c20-15(7-9-19-10-8-16-18-19)17-14-6-5-12-3-1-2-4-13(12)11-14/h1-4,8,10,14H,5-7,9,11H2,(H,17,20). The summed E-state index contributed by atoms with van der Waals surface area (Å²) in [5.41, 5.74) is 2.78. The number of carbonyl (C=O) groups excluding carboxylic acids is 1. The highest BCUT2D eigenvalue weighted by Crippen LogP contribution is 2.20. The van der Waals surface area contributed by atoms with Gasteiger partial charge < -0.3 is 5.32 Å². The third-order valence-electron chi connectivity index (χ3n) is 3.75. The molecule has 0 saturated carbocycles. The van der Waals surface area contributed by atoms with E-state index in [4.69, 9.17) is 0 Å². The molecule has 5 nitrogen and oxygen atoms in total. The van der Waals surface area contributed by atoms with E-state index in [1.54, 1.807) is 17.1 Å². The van der Waals surface area contributed by atoms with Gasteiger partial charge >= 0.3 is 0 Å². The molecule has 0 spiro atoms. The molecule has 0 saturated heterocycles. The van der Waals surface area contributed by atoms with Crippen molar-refractivity contribution in [2.45, 2.75) is 38.3 Å². The summed E-state index contributed by atoms with van der Waals surface area (Å²) in [5, 5.41) is 10.7. The van der Waals surface area contributed by atoms with Gasteiger partial charge in [0.15, 0.2) is 0 Å². The highest BCUT2D eigenvalue weighted by Gasteiger charge is 2.19. The van der Waals surface area contributed by atoms with Gasteiger partial charge in [0.1, 0.15) is 0 Å². The molecule has 1 heterocycles. The molecule has 1 aromatic carbocycles. The highest BCUT2D eigenvalue weighted by molar-refractivity contribution is 5.76. The van der Waals surface area contributed by atoms with E-state index in [0.29, 0.717) is 13.0 Å². The van der Waals surface area contributed by atoms with Crippen molar-refractivity contribution in [2.75, 3.05) is 0 Å². The Kier molecular flexibility index (Phi) is 3.76. The number of aryl methyl sites for hydroxylation is 2. The number of hydrogen-bond acceptors (Lipinski definition) is 3. The molecule has 0 aliphatic heterocycles. The molecular weight excluding hydrogens is 252 g/mol. The summed E-state index contributed by atoms with van der Waals surface area (Å²) < 4.78 is 1.68. The van der Waals surface area contributed by atoms with E-state index in [0.717, 1.165) is 19.3 Å². The van der Waals surface area contributed by atoms with E-state index in [2.05, 4.69) is 39.9 Å². The van der Waals surface area contributed by atoms with Crippen LogP contribution in [-0.4, -0.2) is 26.9 Å². The van der Waals surface area contributed by atoms with Crippen molar-refractivity contribution in [1.82, 2.24) is 20.3 Å². The monoisotopic (exact) mass is 270 g/mol. The van der Waals surface area contributed by atoms with Crippen LogP contribution in [0.15, 0.2) is 36.7 Å². The first-order valence-electron chi connectivity index (χ1n) is 7.01. The topological polar surface area (TPSA) is 59.8 Å². The number of nitrogens with one attached hydrogen (secondary N) is 1. The number of aromatic nitrogens is 3. The number of amides is 1. The maximum absolute atomic E-state index is 11.9. The van der Waals surface area contributed by atoms with Gasteiger partial charge in [-0.1, -0.05) is 29.5 Å². The Labute approximate surface area is 118 Å². The molecule has 104 valence electrons. The maximum atomic E-state index is 11.9. The van der Waals surface area contributed by atoms with Crippen LogP contribution in [0.2, 0.25) is 0 Å². The normalized spacial score (nSPS) is 17.5. The van der Waals surface area contributed by atoms with Crippen LogP contribution in [0.3, 0.4) is 0 Å². The predicted molar refractivity (Wildman–Crippen MR) is 75.0 cm³/mol. The molecule has 0 radical (unpaired) electrons. The Hall–Kier alpha value is -2.17. The predicted octanol–water partition coefficient (Wildman–Crippen LogP) is 1.34. The van der Waals surface area contributed by atoms with Crippen LogP contribution in [0.25, 0.3) is 0 Å². The quantitative estimate of drug-likeness (QED) is 0.912. The summed E-state index contributed by atoms with van der Waals surface area (Å²) >= 11 is 0. The van der Waals surface area contributed by atoms with E-state index in [9.17, 15) is 4.79 Å². The second-order valence-corrected chi connectivity index (χ2v) is 5.19. The number of carbonyl (C=O) groups is 1. The third-order valence-corrected chi connectivity index (χ3v) is 3.75. The fourth-order valence-corrected chi connectivity index (χ4v) is 2.69. The number of fused-ring (bicyclic) bond motifs is 1. The van der Waals surface area contributed by atoms with Crippen LogP contribution in [-0.2, 0) is 24.2 Å². The largest absolute Gasteiger partial charge is 0.353 e. The summed E-state index contributed by atoms with van der Waals surface area (Å²) in [4.78, 5) is 11.9. The molecule has 5 heteroatoms. The molecule has 1 aliphatic carbocycles. The van der Waals surface area contributed by atoms with Crippen molar-refractivity contribution < 1.29 is 4.79 Å². The van der Waals surface area contributed by atoms with E-state index < -0.39 is 0 Å². The highest BCUT2D eigenvalue weighted by atomic mass is 16.1. The van der Waals surface area contributed by atoms with Gasteiger partial charge in [-0.2, -0.15) is 0 Å². The van der Waals surface area contributed by atoms with Crippen molar-refractivity contribution in [3.05, 3.63) is 47.8 Å². The third kappa shape index (κ3) is 3.04. The van der Waals surface area contributed by atoms with Gasteiger partial charge in [-0.25, -0.2) is 0 Å². The minimum atomic E-state index is 0.0879. The lowest BCUT2D eigenvalue weighted by Gasteiger charge is -2.25. The zero-order chi connectivity index (χ0) is 13.8. The van der Waals surface area contributed by atoms with Gasteiger partial charge in [0.05, 0.1) is 12.7 Å². The Bertz CT molecular complexity index is 579. The molecule has 1 N–H and O–H groups in total. The minimum Gasteiger partial charge on any atom is -0.353 e. The molecular formula is C15H18N4O. The Morgan fingerprint density at radius 3 is 3.00 bits per heavy atom. The number of nitrogens with zero attached hydrogens (tertiary/aromatic N) is 3. The van der Waals surface area contributed by atoms with Crippen LogP contribution in [0.4, 0.5) is 0 Å². The van der Waals surface area contributed by atoms with E-state index in [1.807, 2.05) is 0 Å². The van der Waals surface area contributed by atoms with Gasteiger partial charge in [0.25, 0.3) is 0 Å². The van der Waals surface area contributed by atoms with Crippen molar-refractivity contribution in [3.8, 4) is 0 Å². The first-order valence-corrected chi connectivity index (χ1v) is 7.01. The fourth-order valence-electron chi connectivity index (χ4n) is 2.69. The van der Waals surface area contributed by atoms with Gasteiger partial charge in [-0.05, 0) is 30.4 Å². The summed E-state index contributed by atoms with van der Waals surface area (Å²) in [6.45, 7) is 0.579. The fraction of sp³-hybridized carbons (Fsp3) is 0.400. The Balaban J connectivity index is 1.50. The van der Waals surface area contributed by atoms with Crippen molar-refractivity contribution in [2.24, 2.45) is 0 Å². The zero-order valence-corrected chi connectivity index (χ0v) is 11.3. The summed E-state index contributed by atoms with van der Waals surface area (Å²) in [7, 11) is 0. The molecule has 20 heavy (non-hydrogen) atoms. The van der Waals surface area contributed by atoms with Gasteiger partial charge in [-0.15, -0.1) is 5.10 Å². The van der Waals surface area contributed by atoms with Crippen LogP contribution in [0.5, 0.6) is 0 Å². The molecule has 3 rings (SSSR count). The first-order chi connectivity index (χ1) is 9.81. The Morgan fingerprint density at radius 2 is 2.20 bits per heavy atom. The number of benzene rings is 1. The molecule has 1 unspecified atom stereocenters. The molecule has 2 aromatic rings. The lowest BCUT2D eigenvalue weighted by atomic mass is 9.88. The summed E-state index contributed by atoms with van der Waals surface area (Å²) in [6, 6.07) is 8.73. The number of rotatable bonds is 4. The SMILES string of the molecule is O=C(CCn1ccnn1)NC1CCc2ccccc2C1. The molecule has 1 amide bonds. The van der Waals surface area contributed by atoms with Crippen LogP contribution in [0.1, 0.15) is 24.0 Å². The maximum Gasteiger partial charge on any atom is 0.222 e. The molecule has 1 atom stereocenters. The van der Waals surface area contributed by atoms with E-state index in [1.165, 1.54) is 11.1 Å². The Morgan fingerprint density at radius 1 is 1.35 bits per heavy atom. The van der Waals surface area contributed by atoms with Crippen molar-refractivity contribution in [3.63, 3.8) is 0 Å². The molecule has 0 fully saturated rings. The zero-order valence-electron chi connectivity index (χ0n) is 11.3. The van der Waals surface area contributed by atoms with Crippen LogP contribution >= 0.6 is 0 Å². The summed E-state index contributed by atoms with van der Waals surface area (Å²) in [5.74, 6) is 0.0879. The average Bonchev–Trinajstić information content (AvgIpc) is 2.98. The first kappa shape index (κ1) is 12.8. The molecule has 1 aromatic heterocycles. The van der Waals surface area contributed by atoms with E-state index >= 15 is 0 Å². The van der Waals surface area contributed by atoms with Crippen molar-refractivity contribution >= 4 is 5.91 Å². The smallest absolute Gasteiger partial charge is 0.222 e. The molecule has 0 bridgehead atoms. The van der Waals surface area contributed by atoms with E-state index in [-0.39, 0.29) is 11.9 Å². The van der Waals surface area contributed by atoms with Crippen LogP contribution < -0.4 is 5.32 Å². The second-order valence-electron chi connectivity index (χ2n) is 5.19. The lowest BCUT2D eigenvalue weighted by molar-refractivity contribution is -0.122. The lowest BCUT2D eigenvalue weighted by Crippen LogP contribution is -2.39. The average molecular weight is 270 g/mol. The van der Waals surface area contributed by atoms with Crippen molar-refractivity contribution in [1.29, 1.82) is 0 Å². The van der Waals surface area contributed by atoms with Gasteiger partial charge in [0.2, 0.25) is 5.91 Å². The molecule has 1 aliphatic rings.